The van der Waals surface area contributed by atoms with Crippen molar-refractivity contribution < 1.29 is 13.2 Å². The number of carbonyl (C=O) groups is 1. The third-order valence-corrected chi connectivity index (χ3v) is 4.68. The van der Waals surface area contributed by atoms with Gasteiger partial charge >= 0.3 is 0 Å². The summed E-state index contributed by atoms with van der Waals surface area (Å²) in [7, 11) is -1.95. The zero-order chi connectivity index (χ0) is 15.5. The summed E-state index contributed by atoms with van der Waals surface area (Å²) in [6, 6.07) is 5.77. The van der Waals surface area contributed by atoms with Gasteiger partial charge in [-0.05, 0) is 37.5 Å². The second kappa shape index (κ2) is 6.37. The van der Waals surface area contributed by atoms with E-state index in [-0.39, 0.29) is 18.5 Å². The summed E-state index contributed by atoms with van der Waals surface area (Å²) in [5, 5.41) is 2.82. The summed E-state index contributed by atoms with van der Waals surface area (Å²) in [6.07, 6.45) is 1.08. The van der Waals surface area contributed by atoms with Crippen LogP contribution in [0.3, 0.4) is 0 Å². The van der Waals surface area contributed by atoms with Crippen LogP contribution < -0.4 is 5.32 Å². The molecule has 1 rings (SSSR count). The molecule has 0 aromatic heterocycles. The van der Waals surface area contributed by atoms with Gasteiger partial charge in [-0.1, -0.05) is 18.2 Å². The number of hydrogen-bond donors (Lipinski definition) is 1. The van der Waals surface area contributed by atoms with Gasteiger partial charge in [-0.3, -0.25) is 4.79 Å². The van der Waals surface area contributed by atoms with E-state index in [2.05, 4.69) is 5.32 Å². The molecule has 0 aliphatic carbocycles. The Hall–Kier alpha value is -1.40. The Morgan fingerprint density at radius 2 is 1.95 bits per heavy atom. The maximum absolute atomic E-state index is 11.9. The molecule has 0 spiro atoms. The number of likely N-dealkylation sites (N-methyl/N-ethyl adjacent to an activating group) is 1. The quantitative estimate of drug-likeness (QED) is 0.893. The van der Waals surface area contributed by atoms with Crippen molar-refractivity contribution in [1.29, 1.82) is 0 Å². The van der Waals surface area contributed by atoms with Crippen molar-refractivity contribution in [2.75, 3.05) is 19.8 Å². The highest BCUT2D eigenvalue weighted by Crippen LogP contribution is 2.19. The lowest BCUT2D eigenvalue weighted by atomic mass is 9.98. The van der Waals surface area contributed by atoms with Crippen molar-refractivity contribution in [3.8, 4) is 0 Å². The second-order valence-electron chi connectivity index (χ2n) is 5.10. The average Bonchev–Trinajstić information content (AvgIpc) is 2.31. The van der Waals surface area contributed by atoms with E-state index in [4.69, 9.17) is 0 Å². The SMILES string of the molecule is Cc1cccc(C(C)NC(=O)CN(C)S(C)(=O)=O)c1C. The van der Waals surface area contributed by atoms with E-state index < -0.39 is 10.0 Å². The van der Waals surface area contributed by atoms with Crippen LogP contribution >= 0.6 is 0 Å². The third-order valence-electron chi connectivity index (χ3n) is 3.42. The van der Waals surface area contributed by atoms with Crippen molar-refractivity contribution >= 4 is 15.9 Å². The van der Waals surface area contributed by atoms with Crippen molar-refractivity contribution in [3.63, 3.8) is 0 Å². The Labute approximate surface area is 121 Å². The molecule has 0 saturated carbocycles. The van der Waals surface area contributed by atoms with Gasteiger partial charge in [-0.15, -0.1) is 0 Å². The van der Waals surface area contributed by atoms with Crippen molar-refractivity contribution in [2.45, 2.75) is 26.8 Å². The summed E-state index contributed by atoms with van der Waals surface area (Å²) in [6.45, 7) is 5.74. The Morgan fingerprint density at radius 3 is 2.50 bits per heavy atom. The highest BCUT2D eigenvalue weighted by atomic mass is 32.2. The molecule has 0 heterocycles. The number of amides is 1. The molecular formula is C14H22N2O3S. The maximum atomic E-state index is 11.9. The fourth-order valence-electron chi connectivity index (χ4n) is 1.93. The lowest BCUT2D eigenvalue weighted by molar-refractivity contribution is -0.121. The van der Waals surface area contributed by atoms with Gasteiger partial charge in [0.25, 0.3) is 0 Å². The molecule has 0 bridgehead atoms. The number of nitrogens with one attached hydrogen (secondary N) is 1. The first kappa shape index (κ1) is 16.7. The zero-order valence-corrected chi connectivity index (χ0v) is 13.4. The molecule has 1 N–H and O–H groups in total. The van der Waals surface area contributed by atoms with Gasteiger partial charge in [0, 0.05) is 7.05 Å². The molecule has 1 amide bonds. The third kappa shape index (κ3) is 4.31. The van der Waals surface area contributed by atoms with Gasteiger partial charge < -0.3 is 5.32 Å². The number of nitrogens with zero attached hydrogens (tertiary/aromatic N) is 1. The molecule has 0 aliphatic heterocycles. The van der Waals surface area contributed by atoms with Crippen LogP contribution in [0.25, 0.3) is 0 Å². The van der Waals surface area contributed by atoms with Crippen LogP contribution in [0.15, 0.2) is 18.2 Å². The fourth-order valence-corrected chi connectivity index (χ4v) is 2.28. The van der Waals surface area contributed by atoms with Crippen LogP contribution in [-0.4, -0.2) is 38.5 Å². The Morgan fingerprint density at radius 1 is 1.35 bits per heavy atom. The van der Waals surface area contributed by atoms with Crippen LogP contribution in [0.5, 0.6) is 0 Å². The highest BCUT2D eigenvalue weighted by molar-refractivity contribution is 7.88. The van der Waals surface area contributed by atoms with E-state index in [9.17, 15) is 13.2 Å². The van der Waals surface area contributed by atoms with Gasteiger partial charge in [-0.2, -0.15) is 4.31 Å². The van der Waals surface area contributed by atoms with E-state index in [1.54, 1.807) is 0 Å². The van der Waals surface area contributed by atoms with Crippen molar-refractivity contribution in [3.05, 3.63) is 34.9 Å². The van der Waals surface area contributed by atoms with Crippen LogP contribution in [-0.2, 0) is 14.8 Å². The molecular weight excluding hydrogens is 276 g/mol. The standard InChI is InChI=1S/C14H22N2O3S/c1-10-7-6-8-13(11(10)2)12(3)15-14(17)9-16(4)20(5,18)19/h6-8,12H,9H2,1-5H3,(H,15,17). The van der Waals surface area contributed by atoms with E-state index >= 15 is 0 Å². The molecule has 0 saturated heterocycles. The van der Waals surface area contributed by atoms with Crippen LogP contribution in [0.2, 0.25) is 0 Å². The summed E-state index contributed by atoms with van der Waals surface area (Å²) in [5.41, 5.74) is 3.34. The van der Waals surface area contributed by atoms with E-state index in [0.29, 0.717) is 0 Å². The number of sulfonamides is 1. The fraction of sp³-hybridized carbons (Fsp3) is 0.500. The first-order valence-electron chi connectivity index (χ1n) is 6.39. The maximum Gasteiger partial charge on any atom is 0.235 e. The topological polar surface area (TPSA) is 66.5 Å². The summed E-state index contributed by atoms with van der Waals surface area (Å²) >= 11 is 0. The average molecular weight is 298 g/mol. The zero-order valence-electron chi connectivity index (χ0n) is 12.6. The van der Waals surface area contributed by atoms with E-state index in [1.807, 2.05) is 39.0 Å². The minimum Gasteiger partial charge on any atom is -0.348 e. The summed E-state index contributed by atoms with van der Waals surface area (Å²) in [4.78, 5) is 11.9. The molecule has 0 fully saturated rings. The first-order chi connectivity index (χ1) is 9.12. The van der Waals surface area contributed by atoms with Crippen molar-refractivity contribution in [2.24, 2.45) is 0 Å². The van der Waals surface area contributed by atoms with Crippen LogP contribution in [0, 0.1) is 13.8 Å². The molecule has 1 aromatic carbocycles. The molecule has 112 valence electrons. The lowest BCUT2D eigenvalue weighted by Gasteiger charge is -2.20. The minimum absolute atomic E-state index is 0.157. The smallest absolute Gasteiger partial charge is 0.235 e. The Balaban J connectivity index is 2.74. The Bertz CT molecular complexity index is 596. The number of hydrogen-bond acceptors (Lipinski definition) is 3. The number of aryl methyl sites for hydroxylation is 1. The first-order valence-corrected chi connectivity index (χ1v) is 8.24. The number of carbonyl (C=O) groups excluding carboxylic acids is 1. The Kier molecular flexibility index (Phi) is 5.30. The predicted molar refractivity (Wildman–Crippen MR) is 79.9 cm³/mol. The number of benzene rings is 1. The van der Waals surface area contributed by atoms with E-state index in [0.717, 1.165) is 27.3 Å². The normalized spacial score (nSPS) is 13.3. The summed E-state index contributed by atoms with van der Waals surface area (Å²) < 4.78 is 23.6. The number of rotatable bonds is 5. The molecule has 20 heavy (non-hydrogen) atoms. The van der Waals surface area contributed by atoms with Gasteiger partial charge in [0.1, 0.15) is 0 Å². The van der Waals surface area contributed by atoms with Gasteiger partial charge in [-0.25, -0.2) is 8.42 Å². The predicted octanol–water partition coefficient (Wildman–Crippen LogP) is 1.37. The highest BCUT2D eigenvalue weighted by Gasteiger charge is 2.17. The largest absolute Gasteiger partial charge is 0.348 e. The lowest BCUT2D eigenvalue weighted by Crippen LogP contribution is -2.38. The monoisotopic (exact) mass is 298 g/mol. The molecule has 0 radical (unpaired) electrons. The second-order valence-corrected chi connectivity index (χ2v) is 7.19. The molecule has 5 nitrogen and oxygen atoms in total. The van der Waals surface area contributed by atoms with Gasteiger partial charge in [0.2, 0.25) is 15.9 Å². The van der Waals surface area contributed by atoms with Gasteiger partial charge in [0.15, 0.2) is 0 Å². The van der Waals surface area contributed by atoms with Gasteiger partial charge in [0.05, 0.1) is 18.8 Å². The van der Waals surface area contributed by atoms with Crippen molar-refractivity contribution in [1.82, 2.24) is 9.62 Å². The molecule has 1 atom stereocenters. The van der Waals surface area contributed by atoms with Crippen LogP contribution in [0.4, 0.5) is 0 Å². The molecule has 1 aromatic rings. The summed E-state index contributed by atoms with van der Waals surface area (Å²) in [5.74, 6) is -0.314. The molecule has 1 unspecified atom stereocenters. The molecule has 6 heteroatoms. The molecule has 0 aliphatic rings. The van der Waals surface area contributed by atoms with E-state index in [1.165, 1.54) is 7.05 Å². The van der Waals surface area contributed by atoms with Crippen LogP contribution in [0.1, 0.15) is 29.7 Å². The minimum atomic E-state index is -3.34.